The Morgan fingerprint density at radius 2 is 1.40 bits per heavy atom. The summed E-state index contributed by atoms with van der Waals surface area (Å²) in [6, 6.07) is 4.72. The molecule has 2 aliphatic heterocycles. The number of allylic oxidation sites excluding steroid dienone is 3. The van der Waals surface area contributed by atoms with E-state index in [1.165, 1.54) is 117 Å². The second kappa shape index (κ2) is 19.4. The third-order valence-corrected chi connectivity index (χ3v) is 11.3. The molecule has 0 saturated carbocycles. The average molecular weight is 629 g/mol. The summed E-state index contributed by atoms with van der Waals surface area (Å²) < 4.78 is 13.5. The van der Waals surface area contributed by atoms with Crippen molar-refractivity contribution >= 4 is 23.5 Å². The molecule has 0 N–H and O–H groups in total. The number of rotatable bonds is 18. The SMILES string of the molecule is C=C(C)[C@@H]1CCC(C)=C[C@H]1c1c(OCCCCN2CCSCC2)cc(CCCCC)cc1OCCCCN1CCSCC1. The summed E-state index contributed by atoms with van der Waals surface area (Å²) in [6.07, 6.45) is 14.2. The highest BCUT2D eigenvalue weighted by Crippen LogP contribution is 2.47. The van der Waals surface area contributed by atoms with Gasteiger partial charge in [0.1, 0.15) is 11.5 Å². The zero-order valence-corrected chi connectivity index (χ0v) is 29.3. The Kier molecular flexibility index (Phi) is 15.7. The molecule has 1 aromatic rings. The van der Waals surface area contributed by atoms with Gasteiger partial charge in [-0.1, -0.05) is 43.6 Å². The Morgan fingerprint density at radius 1 is 0.837 bits per heavy atom. The van der Waals surface area contributed by atoms with Crippen LogP contribution in [0.4, 0.5) is 0 Å². The summed E-state index contributed by atoms with van der Waals surface area (Å²) in [5, 5.41) is 0. The summed E-state index contributed by atoms with van der Waals surface area (Å²) in [5.41, 5.74) is 5.39. The number of unbranched alkanes of at least 4 members (excludes halogenated alkanes) is 4. The molecule has 0 amide bonds. The van der Waals surface area contributed by atoms with Gasteiger partial charge in [0.15, 0.2) is 0 Å². The molecule has 1 aliphatic carbocycles. The Balaban J connectivity index is 1.50. The summed E-state index contributed by atoms with van der Waals surface area (Å²) in [4.78, 5) is 5.25. The molecule has 2 saturated heterocycles. The van der Waals surface area contributed by atoms with E-state index in [1.807, 2.05) is 0 Å². The number of hydrogen-bond acceptors (Lipinski definition) is 6. The highest BCUT2D eigenvalue weighted by molar-refractivity contribution is 7.99. The lowest BCUT2D eigenvalue weighted by molar-refractivity contribution is 0.253. The highest BCUT2D eigenvalue weighted by atomic mass is 32.2. The number of hydrogen-bond donors (Lipinski definition) is 0. The molecule has 0 spiro atoms. The van der Waals surface area contributed by atoms with Crippen LogP contribution in [0.25, 0.3) is 0 Å². The predicted molar refractivity (Wildman–Crippen MR) is 191 cm³/mol. The van der Waals surface area contributed by atoms with Crippen LogP contribution in [-0.4, -0.2) is 85.3 Å². The van der Waals surface area contributed by atoms with E-state index in [-0.39, 0.29) is 5.92 Å². The summed E-state index contributed by atoms with van der Waals surface area (Å²) in [6.45, 7) is 20.1. The molecule has 2 fully saturated rings. The summed E-state index contributed by atoms with van der Waals surface area (Å²) >= 11 is 4.18. The zero-order chi connectivity index (χ0) is 30.3. The minimum atomic E-state index is 0.262. The van der Waals surface area contributed by atoms with Crippen LogP contribution in [0.1, 0.15) is 95.6 Å². The second-order valence-corrected chi connectivity index (χ2v) is 15.5. The first kappa shape index (κ1) is 34.8. The van der Waals surface area contributed by atoms with Crippen molar-refractivity contribution in [2.45, 2.75) is 90.9 Å². The lowest BCUT2D eigenvalue weighted by Gasteiger charge is -2.33. The molecule has 1 aromatic carbocycles. The van der Waals surface area contributed by atoms with Crippen LogP contribution in [0.3, 0.4) is 0 Å². The Bertz CT molecular complexity index is 951. The molecule has 0 radical (unpaired) electrons. The number of benzene rings is 1. The van der Waals surface area contributed by atoms with Crippen LogP contribution in [0.15, 0.2) is 35.9 Å². The van der Waals surface area contributed by atoms with Gasteiger partial charge in [0.05, 0.1) is 13.2 Å². The molecule has 4 nitrogen and oxygen atoms in total. The normalized spacial score (nSPS) is 21.9. The molecule has 242 valence electrons. The van der Waals surface area contributed by atoms with E-state index in [0.717, 1.165) is 56.8 Å². The van der Waals surface area contributed by atoms with Crippen molar-refractivity contribution in [2.24, 2.45) is 5.92 Å². The van der Waals surface area contributed by atoms with Gasteiger partial charge in [-0.2, -0.15) is 23.5 Å². The van der Waals surface area contributed by atoms with Crippen molar-refractivity contribution in [1.82, 2.24) is 9.80 Å². The lowest BCUT2D eigenvalue weighted by atomic mass is 9.73. The van der Waals surface area contributed by atoms with E-state index in [9.17, 15) is 0 Å². The monoisotopic (exact) mass is 628 g/mol. The number of thioether (sulfide) groups is 2. The molecule has 0 aromatic heterocycles. The highest BCUT2D eigenvalue weighted by Gasteiger charge is 2.31. The van der Waals surface area contributed by atoms with Gasteiger partial charge < -0.3 is 19.3 Å². The molecular formula is C37H60N2O2S2. The maximum atomic E-state index is 6.77. The van der Waals surface area contributed by atoms with Gasteiger partial charge in [-0.25, -0.2) is 0 Å². The van der Waals surface area contributed by atoms with E-state index in [0.29, 0.717) is 5.92 Å². The number of aryl methyl sites for hydroxylation is 1. The molecule has 4 rings (SSSR count). The van der Waals surface area contributed by atoms with Gasteiger partial charge in [0, 0.05) is 60.7 Å². The van der Waals surface area contributed by atoms with Crippen LogP contribution < -0.4 is 9.47 Å². The van der Waals surface area contributed by atoms with Crippen LogP contribution in [0.2, 0.25) is 0 Å². The molecule has 0 unspecified atom stereocenters. The predicted octanol–water partition coefficient (Wildman–Crippen LogP) is 8.85. The van der Waals surface area contributed by atoms with Gasteiger partial charge >= 0.3 is 0 Å². The zero-order valence-electron chi connectivity index (χ0n) is 27.7. The minimum absolute atomic E-state index is 0.262. The van der Waals surface area contributed by atoms with Crippen molar-refractivity contribution in [2.75, 3.05) is 75.5 Å². The standard InChI is InChI=1S/C37H60N2O2S2/c1-5-6-7-12-32-28-35(40-21-10-8-15-38-17-23-42-24-18-38)37(34-27-31(4)13-14-33(34)30(2)3)36(29-32)41-22-11-9-16-39-19-25-43-26-20-39/h27-29,33-34H,2,5-26H2,1,3-4H3/t33-,34+/m0/s1. The topological polar surface area (TPSA) is 24.9 Å². The van der Waals surface area contributed by atoms with Crippen molar-refractivity contribution in [3.8, 4) is 11.5 Å². The fraction of sp³-hybridized carbons (Fsp3) is 0.730. The van der Waals surface area contributed by atoms with Crippen molar-refractivity contribution in [3.63, 3.8) is 0 Å². The fourth-order valence-corrected chi connectivity index (χ4v) is 8.70. The number of ether oxygens (including phenoxy) is 2. The fourth-order valence-electron chi connectivity index (χ4n) is 6.74. The smallest absolute Gasteiger partial charge is 0.127 e. The first-order valence-corrected chi connectivity index (χ1v) is 19.7. The second-order valence-electron chi connectivity index (χ2n) is 13.0. The molecule has 3 aliphatic rings. The summed E-state index contributed by atoms with van der Waals surface area (Å²) in [5.74, 6) is 7.93. The largest absolute Gasteiger partial charge is 0.493 e. The first-order chi connectivity index (χ1) is 21.0. The van der Waals surface area contributed by atoms with Gasteiger partial charge in [-0.3, -0.25) is 0 Å². The van der Waals surface area contributed by atoms with Gasteiger partial charge in [0.25, 0.3) is 0 Å². The van der Waals surface area contributed by atoms with E-state index in [1.54, 1.807) is 0 Å². The molecule has 2 heterocycles. The maximum absolute atomic E-state index is 6.77. The van der Waals surface area contributed by atoms with Crippen molar-refractivity contribution in [3.05, 3.63) is 47.1 Å². The molecule has 43 heavy (non-hydrogen) atoms. The van der Waals surface area contributed by atoms with Crippen molar-refractivity contribution in [1.29, 1.82) is 0 Å². The van der Waals surface area contributed by atoms with E-state index < -0.39 is 0 Å². The first-order valence-electron chi connectivity index (χ1n) is 17.4. The summed E-state index contributed by atoms with van der Waals surface area (Å²) in [7, 11) is 0. The molecular weight excluding hydrogens is 569 g/mol. The average Bonchev–Trinajstić information content (AvgIpc) is 3.01. The van der Waals surface area contributed by atoms with Crippen LogP contribution >= 0.6 is 23.5 Å². The lowest BCUT2D eigenvalue weighted by Crippen LogP contribution is -2.33. The quantitative estimate of drug-likeness (QED) is 0.119. The Hall–Kier alpha value is -1.08. The Morgan fingerprint density at radius 3 is 1.91 bits per heavy atom. The maximum Gasteiger partial charge on any atom is 0.127 e. The van der Waals surface area contributed by atoms with Gasteiger partial charge in [-0.05, 0) is 102 Å². The molecule has 0 bridgehead atoms. The van der Waals surface area contributed by atoms with E-state index >= 15 is 0 Å². The van der Waals surface area contributed by atoms with Crippen LogP contribution in [0.5, 0.6) is 11.5 Å². The third kappa shape index (κ3) is 11.7. The third-order valence-electron chi connectivity index (χ3n) is 9.41. The molecule has 6 heteroatoms. The van der Waals surface area contributed by atoms with Gasteiger partial charge in [0.2, 0.25) is 0 Å². The van der Waals surface area contributed by atoms with Gasteiger partial charge in [-0.15, -0.1) is 0 Å². The van der Waals surface area contributed by atoms with Crippen molar-refractivity contribution < 1.29 is 9.47 Å². The van der Waals surface area contributed by atoms with Crippen LogP contribution in [-0.2, 0) is 6.42 Å². The number of nitrogens with zero attached hydrogens (tertiary/aromatic N) is 2. The Labute approximate surface area is 272 Å². The van der Waals surface area contributed by atoms with E-state index in [4.69, 9.17) is 9.47 Å². The molecule has 2 atom stereocenters. The minimum Gasteiger partial charge on any atom is -0.493 e. The van der Waals surface area contributed by atoms with E-state index in [2.05, 4.69) is 78.9 Å². The van der Waals surface area contributed by atoms with Crippen LogP contribution in [0, 0.1) is 5.92 Å².